The van der Waals surface area contributed by atoms with Crippen LogP contribution in [0.25, 0.3) is 10.9 Å². The van der Waals surface area contributed by atoms with Crippen molar-refractivity contribution in [1.29, 1.82) is 0 Å². The largest absolute Gasteiger partial charge is 0.477 e. The van der Waals surface area contributed by atoms with E-state index in [0.29, 0.717) is 19.6 Å². The van der Waals surface area contributed by atoms with Crippen molar-refractivity contribution in [2.75, 3.05) is 13.2 Å². The number of carboxylic acid groups (broad SMARTS) is 1. The first-order valence-electron chi connectivity index (χ1n) is 6.10. The summed E-state index contributed by atoms with van der Waals surface area (Å²) in [5.41, 5.74) is 0.997. The minimum atomic E-state index is -1.78. The molecule has 1 aromatic carbocycles. The van der Waals surface area contributed by atoms with Gasteiger partial charge in [-0.3, -0.25) is 0 Å². The van der Waals surface area contributed by atoms with E-state index >= 15 is 0 Å². The molecular formula is C14H13NO4. The molecular weight excluding hydrogens is 246 g/mol. The molecule has 1 fully saturated rings. The van der Waals surface area contributed by atoms with Gasteiger partial charge in [0.1, 0.15) is 5.69 Å². The smallest absolute Gasteiger partial charge is 0.371 e. The fraction of sp³-hybridized carbons (Fsp3) is 0.286. The number of ether oxygens (including phenoxy) is 2. The zero-order valence-electron chi connectivity index (χ0n) is 10.2. The molecule has 1 N–H and O–H groups in total. The van der Waals surface area contributed by atoms with Crippen molar-refractivity contribution in [3.63, 3.8) is 0 Å². The maximum Gasteiger partial charge on any atom is 0.371 e. The predicted octanol–water partition coefficient (Wildman–Crippen LogP) is 1.91. The number of fused-ring (bicyclic) bond motifs is 1. The third-order valence-corrected chi connectivity index (χ3v) is 3.12. The zero-order valence-corrected chi connectivity index (χ0v) is 10.2. The normalized spacial score (nSPS) is 18.3. The summed E-state index contributed by atoms with van der Waals surface area (Å²) in [5.74, 6) is -2.95. The zero-order chi connectivity index (χ0) is 13.3. The minimum absolute atomic E-state index is 0.276. The Labute approximate surface area is 109 Å². The second-order valence-corrected chi connectivity index (χ2v) is 4.36. The van der Waals surface area contributed by atoms with Gasteiger partial charge in [-0.2, -0.15) is 0 Å². The Morgan fingerprint density at radius 2 is 1.89 bits per heavy atom. The second kappa shape index (κ2) is 4.60. The van der Waals surface area contributed by atoms with Crippen LogP contribution in [0.3, 0.4) is 0 Å². The first-order valence-corrected chi connectivity index (χ1v) is 6.10. The highest BCUT2D eigenvalue weighted by Gasteiger charge is 2.46. The molecule has 0 amide bonds. The van der Waals surface area contributed by atoms with Crippen LogP contribution in [-0.2, 0) is 20.1 Å². The summed E-state index contributed by atoms with van der Waals surface area (Å²) in [7, 11) is 0. The summed E-state index contributed by atoms with van der Waals surface area (Å²) < 4.78 is 10.8. The standard InChI is InChI=1S/C14H13NO4/c16-13(17)14(18-8-3-9-19-14)12-7-6-10-4-1-2-5-11(10)15-12/h1-2,4-7H,3,8-9H2,(H,16,17). The van der Waals surface area contributed by atoms with E-state index in [9.17, 15) is 9.90 Å². The van der Waals surface area contributed by atoms with Crippen LogP contribution in [0, 0.1) is 0 Å². The van der Waals surface area contributed by atoms with Gasteiger partial charge in [0.2, 0.25) is 0 Å². The Bertz CT molecular complexity index is 620. The van der Waals surface area contributed by atoms with Gasteiger partial charge in [-0.05, 0) is 18.6 Å². The predicted molar refractivity (Wildman–Crippen MR) is 67.6 cm³/mol. The number of aliphatic carboxylic acids is 1. The number of pyridine rings is 1. The van der Waals surface area contributed by atoms with Crippen LogP contribution < -0.4 is 0 Å². The molecule has 2 aromatic rings. The van der Waals surface area contributed by atoms with Gasteiger partial charge < -0.3 is 14.6 Å². The van der Waals surface area contributed by atoms with Crippen LogP contribution in [0.15, 0.2) is 36.4 Å². The average molecular weight is 259 g/mol. The molecule has 19 heavy (non-hydrogen) atoms. The number of hydrogen-bond donors (Lipinski definition) is 1. The molecule has 1 aromatic heterocycles. The summed E-state index contributed by atoms with van der Waals surface area (Å²) in [6, 6.07) is 11.0. The van der Waals surface area contributed by atoms with E-state index in [4.69, 9.17) is 9.47 Å². The Morgan fingerprint density at radius 3 is 2.63 bits per heavy atom. The van der Waals surface area contributed by atoms with Gasteiger partial charge in [-0.15, -0.1) is 0 Å². The lowest BCUT2D eigenvalue weighted by Gasteiger charge is -2.32. The van der Waals surface area contributed by atoms with Crippen LogP contribution >= 0.6 is 0 Å². The van der Waals surface area contributed by atoms with E-state index in [-0.39, 0.29) is 5.69 Å². The number of nitrogens with zero attached hydrogens (tertiary/aromatic N) is 1. The van der Waals surface area contributed by atoms with Gasteiger partial charge >= 0.3 is 11.8 Å². The molecule has 0 aliphatic carbocycles. The lowest BCUT2D eigenvalue weighted by Crippen LogP contribution is -2.45. The van der Waals surface area contributed by atoms with Crippen molar-refractivity contribution in [2.45, 2.75) is 12.2 Å². The van der Waals surface area contributed by atoms with Gasteiger partial charge in [-0.25, -0.2) is 9.78 Å². The summed E-state index contributed by atoms with van der Waals surface area (Å²) in [4.78, 5) is 15.9. The fourth-order valence-electron chi connectivity index (χ4n) is 2.16. The number of benzene rings is 1. The van der Waals surface area contributed by atoms with E-state index in [1.54, 1.807) is 6.07 Å². The Balaban J connectivity index is 2.12. The molecule has 5 nitrogen and oxygen atoms in total. The highest BCUT2D eigenvalue weighted by atomic mass is 16.7. The van der Waals surface area contributed by atoms with Gasteiger partial charge in [0.15, 0.2) is 0 Å². The molecule has 1 saturated heterocycles. The van der Waals surface area contributed by atoms with Crippen LogP contribution in [0.5, 0.6) is 0 Å². The maximum atomic E-state index is 11.5. The van der Waals surface area contributed by atoms with Crippen LogP contribution in [0.4, 0.5) is 0 Å². The van der Waals surface area contributed by atoms with Crippen molar-refractivity contribution in [1.82, 2.24) is 4.98 Å². The molecule has 0 bridgehead atoms. The number of rotatable bonds is 2. The Hall–Kier alpha value is -1.98. The molecule has 98 valence electrons. The van der Waals surface area contributed by atoms with Gasteiger partial charge in [0, 0.05) is 5.39 Å². The summed E-state index contributed by atoms with van der Waals surface area (Å²) in [5, 5.41) is 10.4. The molecule has 0 atom stereocenters. The molecule has 0 radical (unpaired) electrons. The van der Waals surface area contributed by atoms with Gasteiger partial charge in [0.05, 0.1) is 18.7 Å². The number of carbonyl (C=O) groups is 1. The van der Waals surface area contributed by atoms with Crippen molar-refractivity contribution in [3.05, 3.63) is 42.1 Å². The molecule has 1 aliphatic heterocycles. The topological polar surface area (TPSA) is 68.7 Å². The molecule has 5 heteroatoms. The highest BCUT2D eigenvalue weighted by Crippen LogP contribution is 2.31. The number of hydrogen-bond acceptors (Lipinski definition) is 4. The average Bonchev–Trinajstić information content (AvgIpc) is 2.47. The number of para-hydroxylation sites is 1. The lowest BCUT2D eigenvalue weighted by atomic mass is 10.1. The van der Waals surface area contributed by atoms with Crippen molar-refractivity contribution >= 4 is 16.9 Å². The van der Waals surface area contributed by atoms with Crippen LogP contribution in [0.1, 0.15) is 12.1 Å². The van der Waals surface area contributed by atoms with Crippen molar-refractivity contribution in [2.24, 2.45) is 0 Å². The van der Waals surface area contributed by atoms with Crippen LogP contribution in [-0.4, -0.2) is 29.3 Å². The molecule has 3 rings (SSSR count). The fourth-order valence-corrected chi connectivity index (χ4v) is 2.16. The maximum absolute atomic E-state index is 11.5. The van der Waals surface area contributed by atoms with E-state index < -0.39 is 11.8 Å². The molecule has 0 spiro atoms. The minimum Gasteiger partial charge on any atom is -0.477 e. The van der Waals surface area contributed by atoms with E-state index in [2.05, 4.69) is 4.98 Å². The monoisotopic (exact) mass is 259 g/mol. The Kier molecular flexibility index (Phi) is 2.93. The third-order valence-electron chi connectivity index (χ3n) is 3.12. The summed E-state index contributed by atoms with van der Waals surface area (Å²) >= 11 is 0. The molecule has 2 heterocycles. The first-order chi connectivity index (χ1) is 9.22. The van der Waals surface area contributed by atoms with E-state index in [1.807, 2.05) is 30.3 Å². The second-order valence-electron chi connectivity index (χ2n) is 4.36. The highest BCUT2D eigenvalue weighted by molar-refractivity contribution is 5.81. The van der Waals surface area contributed by atoms with E-state index in [0.717, 1.165) is 10.9 Å². The lowest BCUT2D eigenvalue weighted by molar-refractivity contribution is -0.274. The first kappa shape index (κ1) is 12.1. The van der Waals surface area contributed by atoms with Crippen molar-refractivity contribution in [3.8, 4) is 0 Å². The summed E-state index contributed by atoms with van der Waals surface area (Å²) in [6.45, 7) is 0.696. The van der Waals surface area contributed by atoms with E-state index in [1.165, 1.54) is 0 Å². The van der Waals surface area contributed by atoms with Crippen LogP contribution in [0.2, 0.25) is 0 Å². The quantitative estimate of drug-likeness (QED) is 0.892. The number of carboxylic acids is 1. The molecule has 1 aliphatic rings. The third kappa shape index (κ3) is 1.97. The molecule has 0 saturated carbocycles. The number of aromatic nitrogens is 1. The summed E-state index contributed by atoms with van der Waals surface area (Å²) in [6.07, 6.45) is 0.683. The SMILES string of the molecule is O=C(O)C1(c2ccc3ccccc3n2)OCCCO1. The van der Waals surface area contributed by atoms with Crippen molar-refractivity contribution < 1.29 is 19.4 Å². The molecule has 0 unspecified atom stereocenters. The van der Waals surface area contributed by atoms with Gasteiger partial charge in [-0.1, -0.05) is 24.3 Å². The van der Waals surface area contributed by atoms with Gasteiger partial charge in [0.25, 0.3) is 0 Å². The Morgan fingerprint density at radius 1 is 1.16 bits per heavy atom.